The van der Waals surface area contributed by atoms with Crippen molar-refractivity contribution in [3.63, 3.8) is 0 Å². The van der Waals surface area contributed by atoms with E-state index in [1.165, 1.54) is 11.8 Å². The minimum absolute atomic E-state index is 0.0157. The van der Waals surface area contributed by atoms with Crippen LogP contribution in [0.25, 0.3) is 10.6 Å². The molecule has 148 valence electrons. The Morgan fingerprint density at radius 2 is 1.96 bits per heavy atom. The summed E-state index contributed by atoms with van der Waals surface area (Å²) >= 11 is 3.09. The third-order valence-electron chi connectivity index (χ3n) is 3.83. The number of thioether (sulfide) groups is 1. The first-order valence-electron chi connectivity index (χ1n) is 8.57. The first kappa shape index (κ1) is 20.3. The van der Waals surface area contributed by atoms with Crippen LogP contribution in [0, 0.1) is 13.8 Å². The van der Waals surface area contributed by atoms with Gasteiger partial charge in [-0.05, 0) is 32.0 Å². The Morgan fingerprint density at radius 3 is 2.68 bits per heavy atom. The van der Waals surface area contributed by atoms with Crippen LogP contribution in [0.4, 0.5) is 10.2 Å². The number of thiazole rings is 1. The van der Waals surface area contributed by atoms with Crippen molar-refractivity contribution in [2.75, 3.05) is 26.1 Å². The zero-order chi connectivity index (χ0) is 20.1. The third-order valence-corrected chi connectivity index (χ3v) is 5.75. The molecule has 0 amide bonds. The summed E-state index contributed by atoms with van der Waals surface area (Å²) in [5.41, 5.74) is 8.49. The first-order chi connectivity index (χ1) is 13.5. The zero-order valence-electron chi connectivity index (χ0n) is 15.9. The second-order valence-electron chi connectivity index (χ2n) is 5.93. The zero-order valence-corrected chi connectivity index (χ0v) is 17.5. The summed E-state index contributed by atoms with van der Waals surface area (Å²) in [6.45, 7) is 3.35. The van der Waals surface area contributed by atoms with Gasteiger partial charge < -0.3 is 15.2 Å². The maximum absolute atomic E-state index is 12.5. The van der Waals surface area contributed by atoms with Crippen LogP contribution in [0.15, 0.2) is 29.4 Å². The summed E-state index contributed by atoms with van der Waals surface area (Å²) in [7, 11) is 1.56. The van der Waals surface area contributed by atoms with Crippen LogP contribution >= 0.6 is 23.1 Å². The lowest BCUT2D eigenvalue weighted by molar-refractivity contribution is 0.260. The predicted molar refractivity (Wildman–Crippen MR) is 111 cm³/mol. The number of halogens is 1. The molecule has 0 aliphatic carbocycles. The summed E-state index contributed by atoms with van der Waals surface area (Å²) in [5, 5.41) is 1.50. The fraction of sp³-hybridized carbons (Fsp3) is 0.316. The van der Waals surface area contributed by atoms with Gasteiger partial charge in [0.25, 0.3) is 0 Å². The molecule has 0 spiro atoms. The van der Waals surface area contributed by atoms with Gasteiger partial charge in [-0.2, -0.15) is 0 Å². The van der Waals surface area contributed by atoms with Crippen molar-refractivity contribution >= 4 is 28.9 Å². The van der Waals surface area contributed by atoms with Gasteiger partial charge in [0, 0.05) is 28.0 Å². The molecule has 0 atom stereocenters. The van der Waals surface area contributed by atoms with Crippen molar-refractivity contribution in [1.82, 2.24) is 15.0 Å². The maximum Gasteiger partial charge on any atom is 0.190 e. The Bertz CT molecular complexity index is 945. The van der Waals surface area contributed by atoms with Crippen LogP contribution in [0.1, 0.15) is 16.3 Å². The summed E-state index contributed by atoms with van der Waals surface area (Å²) < 4.78 is 23.2. The summed E-state index contributed by atoms with van der Waals surface area (Å²) in [6, 6.07) is 7.29. The number of rotatable bonds is 8. The summed E-state index contributed by atoms with van der Waals surface area (Å²) in [5.74, 6) is 2.18. The van der Waals surface area contributed by atoms with Gasteiger partial charge in [0.2, 0.25) is 0 Å². The second kappa shape index (κ2) is 9.20. The normalized spacial score (nSPS) is 10.9. The number of ether oxygens (including phenoxy) is 2. The molecule has 9 heteroatoms. The third kappa shape index (κ3) is 4.90. The highest BCUT2D eigenvalue weighted by Gasteiger charge is 2.14. The van der Waals surface area contributed by atoms with Crippen LogP contribution in [0.3, 0.4) is 0 Å². The first-order valence-corrected chi connectivity index (χ1v) is 10.4. The lowest BCUT2D eigenvalue weighted by Crippen LogP contribution is -2.00. The van der Waals surface area contributed by atoms with Crippen molar-refractivity contribution < 1.29 is 13.9 Å². The molecule has 0 saturated carbocycles. The Morgan fingerprint density at radius 1 is 1.14 bits per heavy atom. The van der Waals surface area contributed by atoms with Crippen molar-refractivity contribution in [3.8, 4) is 22.1 Å². The van der Waals surface area contributed by atoms with Crippen molar-refractivity contribution in [2.24, 2.45) is 0 Å². The SMILES string of the molecule is COc1ccc(-c2nc(CSc3nc(C)cc(N)n3)c(C)s2)cc1OCCF. The van der Waals surface area contributed by atoms with Crippen LogP contribution in [-0.4, -0.2) is 35.3 Å². The van der Waals surface area contributed by atoms with Gasteiger partial charge in [0.1, 0.15) is 24.1 Å². The molecule has 0 fully saturated rings. The number of aryl methyl sites for hydroxylation is 2. The molecule has 0 aliphatic rings. The molecule has 28 heavy (non-hydrogen) atoms. The van der Waals surface area contributed by atoms with Gasteiger partial charge >= 0.3 is 0 Å². The lowest BCUT2D eigenvalue weighted by Gasteiger charge is -2.10. The number of nitrogens with zero attached hydrogens (tertiary/aromatic N) is 3. The van der Waals surface area contributed by atoms with Crippen LogP contribution in [-0.2, 0) is 5.75 Å². The number of aromatic nitrogens is 3. The van der Waals surface area contributed by atoms with Gasteiger partial charge in [-0.1, -0.05) is 11.8 Å². The van der Waals surface area contributed by atoms with E-state index in [0.29, 0.717) is 28.2 Å². The Kier molecular flexibility index (Phi) is 6.69. The predicted octanol–water partition coefficient (Wildman–Crippen LogP) is 4.45. The smallest absolute Gasteiger partial charge is 0.190 e. The van der Waals surface area contributed by atoms with Crippen LogP contribution in [0.2, 0.25) is 0 Å². The van der Waals surface area contributed by atoms with Crippen molar-refractivity contribution in [1.29, 1.82) is 0 Å². The van der Waals surface area contributed by atoms with E-state index < -0.39 is 6.67 Å². The molecule has 6 nitrogen and oxygen atoms in total. The number of alkyl halides is 1. The molecule has 2 aromatic heterocycles. The number of hydrogen-bond acceptors (Lipinski definition) is 8. The molecule has 1 aromatic carbocycles. The Labute approximate surface area is 171 Å². The molecule has 0 aliphatic heterocycles. The Balaban J connectivity index is 1.79. The fourth-order valence-electron chi connectivity index (χ4n) is 2.52. The van der Waals surface area contributed by atoms with E-state index in [9.17, 15) is 4.39 Å². The Hall–Kier alpha value is -2.39. The molecule has 0 radical (unpaired) electrons. The van der Waals surface area contributed by atoms with E-state index in [-0.39, 0.29) is 6.61 Å². The quantitative estimate of drug-likeness (QED) is 0.426. The van der Waals surface area contributed by atoms with E-state index in [1.54, 1.807) is 30.6 Å². The van der Waals surface area contributed by atoms with Crippen molar-refractivity contribution in [3.05, 3.63) is 40.5 Å². The van der Waals surface area contributed by atoms with E-state index >= 15 is 0 Å². The molecule has 0 unspecified atom stereocenters. The highest BCUT2D eigenvalue weighted by molar-refractivity contribution is 7.98. The van der Waals surface area contributed by atoms with E-state index in [2.05, 4.69) is 9.97 Å². The lowest BCUT2D eigenvalue weighted by atomic mass is 10.2. The van der Waals surface area contributed by atoms with Crippen LogP contribution in [0.5, 0.6) is 11.5 Å². The van der Waals surface area contributed by atoms with Gasteiger partial charge in [-0.15, -0.1) is 11.3 Å². The largest absolute Gasteiger partial charge is 0.493 e. The highest BCUT2D eigenvalue weighted by Crippen LogP contribution is 2.36. The number of benzene rings is 1. The molecule has 2 N–H and O–H groups in total. The van der Waals surface area contributed by atoms with Crippen molar-refractivity contribution in [2.45, 2.75) is 24.8 Å². The number of methoxy groups -OCH3 is 1. The molecule has 0 saturated heterocycles. The number of nitrogens with two attached hydrogens (primary N) is 1. The number of hydrogen-bond donors (Lipinski definition) is 1. The molecule has 3 rings (SSSR count). The van der Waals surface area contributed by atoms with E-state index in [0.717, 1.165) is 26.8 Å². The molecule has 3 aromatic rings. The minimum Gasteiger partial charge on any atom is -0.493 e. The van der Waals surface area contributed by atoms with Crippen LogP contribution < -0.4 is 15.2 Å². The molecule has 2 heterocycles. The number of nitrogen functional groups attached to an aromatic ring is 1. The van der Waals surface area contributed by atoms with Gasteiger partial charge in [-0.25, -0.2) is 19.3 Å². The van der Waals surface area contributed by atoms with Gasteiger partial charge in [0.05, 0.1) is 12.8 Å². The minimum atomic E-state index is -0.559. The van der Waals surface area contributed by atoms with E-state index in [4.69, 9.17) is 20.2 Å². The monoisotopic (exact) mass is 420 g/mol. The standard InChI is InChI=1S/C19H21FN4O2S2/c1-11-8-17(21)24-19(22-11)27-10-14-12(2)28-18(23-14)13-4-5-15(25-3)16(9-13)26-7-6-20/h4-5,8-9H,6-7,10H2,1-3H3,(H2,21,22,24). The van der Waals surface area contributed by atoms with Gasteiger partial charge in [0.15, 0.2) is 16.7 Å². The maximum atomic E-state index is 12.5. The molecular weight excluding hydrogens is 399 g/mol. The second-order valence-corrected chi connectivity index (χ2v) is 8.08. The topological polar surface area (TPSA) is 83.2 Å². The fourth-order valence-corrected chi connectivity index (χ4v) is 4.46. The number of anilines is 1. The highest BCUT2D eigenvalue weighted by atomic mass is 32.2. The average molecular weight is 421 g/mol. The van der Waals surface area contributed by atoms with Gasteiger partial charge in [-0.3, -0.25) is 0 Å². The average Bonchev–Trinajstić information content (AvgIpc) is 3.04. The summed E-state index contributed by atoms with van der Waals surface area (Å²) in [4.78, 5) is 14.5. The van der Waals surface area contributed by atoms with E-state index in [1.807, 2.05) is 26.0 Å². The summed E-state index contributed by atoms with van der Waals surface area (Å²) in [6.07, 6.45) is 0. The molecular formula is C19H21FN4O2S2. The molecule has 0 bridgehead atoms.